The van der Waals surface area contributed by atoms with Crippen LogP contribution in [0.1, 0.15) is 37.2 Å². The summed E-state index contributed by atoms with van der Waals surface area (Å²) in [6.07, 6.45) is 2.22. The van der Waals surface area contributed by atoms with Crippen LogP contribution in [0.15, 0.2) is 10.9 Å². The van der Waals surface area contributed by atoms with Crippen LogP contribution in [0.4, 0.5) is 0 Å². The molecule has 3 nitrogen and oxygen atoms in total. The zero-order valence-electron chi connectivity index (χ0n) is 9.62. The largest absolute Gasteiger partial charge is 0.350 e. The zero-order chi connectivity index (χ0) is 12.0. The average Bonchev–Trinajstić information content (AvgIpc) is 2.77. The van der Waals surface area contributed by atoms with Gasteiger partial charge < -0.3 is 5.32 Å². The van der Waals surface area contributed by atoms with Gasteiger partial charge in [0.1, 0.15) is 5.69 Å². The fourth-order valence-electron chi connectivity index (χ4n) is 1.37. The topological polar surface area (TPSA) is 42.0 Å². The zero-order valence-corrected chi connectivity index (χ0v) is 12.0. The van der Waals surface area contributed by atoms with E-state index in [1.807, 2.05) is 0 Å². The Morgan fingerprint density at radius 3 is 2.94 bits per heavy atom. The Morgan fingerprint density at radius 2 is 2.38 bits per heavy atom. The first-order valence-electron chi connectivity index (χ1n) is 5.27. The number of nitrogens with one attached hydrogen (secondary N) is 1. The molecule has 0 radical (unpaired) electrons. The van der Waals surface area contributed by atoms with Crippen molar-refractivity contribution in [1.29, 1.82) is 0 Å². The quantitative estimate of drug-likeness (QED) is 0.821. The molecule has 0 saturated carbocycles. The minimum absolute atomic E-state index is 0.0758. The lowest BCUT2D eigenvalue weighted by molar-refractivity contribution is 0.0930. The highest BCUT2D eigenvalue weighted by molar-refractivity contribution is 9.09. The lowest BCUT2D eigenvalue weighted by Gasteiger charge is -2.24. The number of rotatable bonds is 6. The smallest absolute Gasteiger partial charge is 0.270 e. The van der Waals surface area contributed by atoms with Crippen molar-refractivity contribution < 1.29 is 4.79 Å². The number of carbonyl (C=O) groups excluding carboxylic acids is 1. The summed E-state index contributed by atoms with van der Waals surface area (Å²) in [5, 5.41) is 5.70. The number of halogens is 1. The third kappa shape index (κ3) is 4.61. The first-order valence-corrected chi connectivity index (χ1v) is 7.34. The SMILES string of the molecule is CC(C)(CCCBr)CNC(=O)c1cscn1. The molecule has 0 aromatic carbocycles. The van der Waals surface area contributed by atoms with Crippen LogP contribution in [0.25, 0.3) is 0 Å². The van der Waals surface area contributed by atoms with Crippen molar-refractivity contribution in [2.75, 3.05) is 11.9 Å². The van der Waals surface area contributed by atoms with Crippen molar-refractivity contribution in [3.63, 3.8) is 0 Å². The van der Waals surface area contributed by atoms with Gasteiger partial charge in [-0.05, 0) is 18.3 Å². The van der Waals surface area contributed by atoms with Crippen molar-refractivity contribution in [2.45, 2.75) is 26.7 Å². The number of nitrogens with zero attached hydrogens (tertiary/aromatic N) is 1. The third-order valence-electron chi connectivity index (χ3n) is 2.38. The fourth-order valence-corrected chi connectivity index (χ4v) is 2.18. The number of hydrogen-bond donors (Lipinski definition) is 1. The van der Waals surface area contributed by atoms with Crippen LogP contribution in [0.3, 0.4) is 0 Å². The van der Waals surface area contributed by atoms with Gasteiger partial charge in [-0.1, -0.05) is 29.8 Å². The molecule has 0 fully saturated rings. The van der Waals surface area contributed by atoms with Gasteiger partial charge in [0.05, 0.1) is 5.51 Å². The number of carbonyl (C=O) groups is 1. The van der Waals surface area contributed by atoms with Crippen LogP contribution in [0.2, 0.25) is 0 Å². The molecule has 0 saturated heterocycles. The van der Waals surface area contributed by atoms with Crippen LogP contribution in [0.5, 0.6) is 0 Å². The van der Waals surface area contributed by atoms with E-state index in [0.29, 0.717) is 12.2 Å². The molecule has 1 rings (SSSR count). The first-order chi connectivity index (χ1) is 7.55. The van der Waals surface area contributed by atoms with Crippen LogP contribution < -0.4 is 5.32 Å². The van der Waals surface area contributed by atoms with E-state index in [2.05, 4.69) is 40.1 Å². The monoisotopic (exact) mass is 304 g/mol. The molecular formula is C11H17BrN2OS. The van der Waals surface area contributed by atoms with E-state index < -0.39 is 0 Å². The Morgan fingerprint density at radius 1 is 1.62 bits per heavy atom. The van der Waals surface area contributed by atoms with Crippen molar-refractivity contribution in [3.8, 4) is 0 Å². The van der Waals surface area contributed by atoms with E-state index in [1.54, 1.807) is 10.9 Å². The second kappa shape index (κ2) is 6.35. The molecule has 0 unspecified atom stereocenters. The third-order valence-corrected chi connectivity index (χ3v) is 3.53. The molecule has 16 heavy (non-hydrogen) atoms. The molecule has 1 N–H and O–H groups in total. The summed E-state index contributed by atoms with van der Waals surface area (Å²) < 4.78 is 0. The molecule has 1 heterocycles. The maximum absolute atomic E-state index is 11.7. The van der Waals surface area contributed by atoms with Gasteiger partial charge in [0, 0.05) is 17.3 Å². The Kier molecular flexibility index (Phi) is 5.41. The van der Waals surface area contributed by atoms with E-state index in [0.717, 1.165) is 18.2 Å². The maximum Gasteiger partial charge on any atom is 0.270 e. The second-order valence-corrected chi connectivity index (χ2v) is 6.02. The summed E-state index contributed by atoms with van der Waals surface area (Å²) in [5.74, 6) is -0.0758. The van der Waals surface area contributed by atoms with E-state index in [1.165, 1.54) is 11.3 Å². The molecule has 1 aromatic heterocycles. The van der Waals surface area contributed by atoms with Crippen LogP contribution in [-0.4, -0.2) is 22.8 Å². The number of aromatic nitrogens is 1. The summed E-state index contributed by atoms with van der Waals surface area (Å²) in [7, 11) is 0. The lowest BCUT2D eigenvalue weighted by atomic mass is 9.88. The minimum Gasteiger partial charge on any atom is -0.350 e. The minimum atomic E-state index is -0.0758. The fraction of sp³-hybridized carbons (Fsp3) is 0.636. The molecule has 0 aliphatic rings. The molecule has 1 amide bonds. The molecule has 0 aliphatic carbocycles. The lowest BCUT2D eigenvalue weighted by Crippen LogP contribution is -2.34. The normalized spacial score (nSPS) is 11.4. The van der Waals surface area contributed by atoms with E-state index in [9.17, 15) is 4.79 Å². The van der Waals surface area contributed by atoms with Gasteiger partial charge >= 0.3 is 0 Å². The van der Waals surface area contributed by atoms with Gasteiger partial charge in [-0.25, -0.2) is 4.98 Å². The van der Waals surface area contributed by atoms with Gasteiger partial charge in [-0.3, -0.25) is 4.79 Å². The molecule has 1 aromatic rings. The molecule has 0 spiro atoms. The first kappa shape index (κ1) is 13.6. The summed E-state index contributed by atoms with van der Waals surface area (Å²) in [6.45, 7) is 5.02. The summed E-state index contributed by atoms with van der Waals surface area (Å²) >= 11 is 4.85. The predicted octanol–water partition coefficient (Wildman–Crippen LogP) is 3.07. The molecule has 90 valence electrons. The Balaban J connectivity index is 2.36. The van der Waals surface area contributed by atoms with Crippen LogP contribution in [-0.2, 0) is 0 Å². The predicted molar refractivity (Wildman–Crippen MR) is 71.3 cm³/mol. The van der Waals surface area contributed by atoms with Crippen LogP contribution in [0, 0.1) is 5.41 Å². The van der Waals surface area contributed by atoms with Gasteiger partial charge in [0.25, 0.3) is 5.91 Å². The van der Waals surface area contributed by atoms with E-state index in [-0.39, 0.29) is 11.3 Å². The number of thiazole rings is 1. The molecule has 0 atom stereocenters. The summed E-state index contributed by atoms with van der Waals surface area (Å²) in [6, 6.07) is 0. The maximum atomic E-state index is 11.7. The van der Waals surface area contributed by atoms with Gasteiger partial charge in [0.15, 0.2) is 0 Å². The summed E-state index contributed by atoms with van der Waals surface area (Å²) in [5.41, 5.74) is 2.32. The number of hydrogen-bond acceptors (Lipinski definition) is 3. The summed E-state index contributed by atoms with van der Waals surface area (Å²) in [4.78, 5) is 15.6. The highest BCUT2D eigenvalue weighted by Gasteiger charge is 2.19. The Labute approximate surface area is 109 Å². The van der Waals surface area contributed by atoms with Crippen molar-refractivity contribution in [1.82, 2.24) is 10.3 Å². The molecular weight excluding hydrogens is 288 g/mol. The van der Waals surface area contributed by atoms with Crippen molar-refractivity contribution in [2.24, 2.45) is 5.41 Å². The van der Waals surface area contributed by atoms with Crippen molar-refractivity contribution in [3.05, 3.63) is 16.6 Å². The molecule has 0 bridgehead atoms. The van der Waals surface area contributed by atoms with Gasteiger partial charge in [0.2, 0.25) is 0 Å². The highest BCUT2D eigenvalue weighted by atomic mass is 79.9. The van der Waals surface area contributed by atoms with E-state index in [4.69, 9.17) is 0 Å². The van der Waals surface area contributed by atoms with Gasteiger partial charge in [-0.2, -0.15) is 0 Å². The number of alkyl halides is 1. The highest BCUT2D eigenvalue weighted by Crippen LogP contribution is 2.21. The molecule has 0 aliphatic heterocycles. The average molecular weight is 305 g/mol. The number of amides is 1. The Hall–Kier alpha value is -0.420. The standard InChI is InChI=1S/C11H17BrN2OS/c1-11(2,4-3-5-12)7-13-10(15)9-6-16-8-14-9/h6,8H,3-5,7H2,1-2H3,(H,13,15). The second-order valence-electron chi connectivity index (χ2n) is 4.51. The van der Waals surface area contributed by atoms with Crippen molar-refractivity contribution >= 4 is 33.2 Å². The Bertz CT molecular complexity index is 325. The van der Waals surface area contributed by atoms with E-state index >= 15 is 0 Å². The molecule has 5 heteroatoms. The van der Waals surface area contributed by atoms with Crippen LogP contribution >= 0.6 is 27.3 Å². The van der Waals surface area contributed by atoms with Gasteiger partial charge in [-0.15, -0.1) is 11.3 Å².